The van der Waals surface area contributed by atoms with Gasteiger partial charge < -0.3 is 10.6 Å². The number of nitrogens with one attached hydrogen (secondary N) is 2. The van der Waals surface area contributed by atoms with Crippen molar-refractivity contribution in [3.63, 3.8) is 0 Å². The molecule has 128 valence electrons. The maximum Gasteiger partial charge on any atom is 0.238 e. The zero-order chi connectivity index (χ0) is 17.7. The summed E-state index contributed by atoms with van der Waals surface area (Å²) in [6.45, 7) is 6.29. The summed E-state index contributed by atoms with van der Waals surface area (Å²) in [7, 11) is 0. The molecule has 5 heteroatoms. The SMILES string of the molecule is Cc1ccc(Cl)c(NC(=O)CN[C@@H](c2ccccc2)C(C)C)c1Cl. The highest BCUT2D eigenvalue weighted by atomic mass is 35.5. The first kappa shape index (κ1) is 18.8. The third-order valence-electron chi connectivity index (χ3n) is 3.86. The van der Waals surface area contributed by atoms with Crippen LogP contribution >= 0.6 is 23.2 Å². The first-order valence-electron chi connectivity index (χ1n) is 7.93. The minimum atomic E-state index is -0.175. The Hall–Kier alpha value is -1.55. The van der Waals surface area contributed by atoms with Crippen molar-refractivity contribution in [2.45, 2.75) is 26.8 Å². The molecule has 3 nitrogen and oxygen atoms in total. The lowest BCUT2D eigenvalue weighted by molar-refractivity contribution is -0.115. The van der Waals surface area contributed by atoms with Gasteiger partial charge in [0.1, 0.15) is 0 Å². The van der Waals surface area contributed by atoms with Crippen molar-refractivity contribution in [3.8, 4) is 0 Å². The first-order chi connectivity index (χ1) is 11.4. The molecular weight excluding hydrogens is 343 g/mol. The molecule has 0 radical (unpaired) electrons. The fourth-order valence-corrected chi connectivity index (χ4v) is 3.02. The van der Waals surface area contributed by atoms with Gasteiger partial charge >= 0.3 is 0 Å². The number of aryl methyl sites for hydroxylation is 1. The van der Waals surface area contributed by atoms with E-state index in [1.54, 1.807) is 6.07 Å². The van der Waals surface area contributed by atoms with E-state index in [2.05, 4.69) is 36.6 Å². The molecule has 2 rings (SSSR count). The molecule has 0 heterocycles. The van der Waals surface area contributed by atoms with Gasteiger partial charge in [-0.1, -0.05) is 73.4 Å². The quantitative estimate of drug-likeness (QED) is 0.736. The second kappa shape index (κ2) is 8.52. The number of carbonyl (C=O) groups is 1. The number of halogens is 2. The lowest BCUT2D eigenvalue weighted by Crippen LogP contribution is -2.33. The highest BCUT2D eigenvalue weighted by molar-refractivity contribution is 6.40. The van der Waals surface area contributed by atoms with Crippen LogP contribution in [-0.2, 0) is 4.79 Å². The molecule has 0 aliphatic heterocycles. The van der Waals surface area contributed by atoms with Gasteiger partial charge in [-0.2, -0.15) is 0 Å². The molecule has 0 fully saturated rings. The highest BCUT2D eigenvalue weighted by Crippen LogP contribution is 2.32. The summed E-state index contributed by atoms with van der Waals surface area (Å²) in [5, 5.41) is 7.01. The van der Waals surface area contributed by atoms with Crippen LogP contribution in [0.15, 0.2) is 42.5 Å². The highest BCUT2D eigenvalue weighted by Gasteiger charge is 2.17. The number of carbonyl (C=O) groups excluding carboxylic acids is 1. The van der Waals surface area contributed by atoms with Crippen molar-refractivity contribution in [1.82, 2.24) is 5.32 Å². The van der Waals surface area contributed by atoms with E-state index in [0.29, 0.717) is 21.7 Å². The van der Waals surface area contributed by atoms with Crippen LogP contribution in [0.3, 0.4) is 0 Å². The maximum absolute atomic E-state index is 12.3. The van der Waals surface area contributed by atoms with Crippen LogP contribution in [0.5, 0.6) is 0 Å². The second-order valence-electron chi connectivity index (χ2n) is 6.11. The molecule has 0 aliphatic carbocycles. The summed E-state index contributed by atoms with van der Waals surface area (Å²) in [6, 6.07) is 13.7. The van der Waals surface area contributed by atoms with Gasteiger partial charge in [-0.25, -0.2) is 0 Å². The van der Waals surface area contributed by atoms with Gasteiger partial charge in [-0.15, -0.1) is 0 Å². The lowest BCUT2D eigenvalue weighted by atomic mass is 9.96. The Kier molecular flexibility index (Phi) is 6.67. The van der Waals surface area contributed by atoms with E-state index >= 15 is 0 Å². The molecule has 24 heavy (non-hydrogen) atoms. The van der Waals surface area contributed by atoms with E-state index in [1.807, 2.05) is 31.2 Å². The number of hydrogen-bond acceptors (Lipinski definition) is 2. The van der Waals surface area contributed by atoms with E-state index in [4.69, 9.17) is 23.2 Å². The molecular formula is C19H22Cl2N2O. The summed E-state index contributed by atoms with van der Waals surface area (Å²) in [4.78, 5) is 12.3. The first-order valence-corrected chi connectivity index (χ1v) is 8.68. The molecule has 0 saturated carbocycles. The molecule has 0 saturated heterocycles. The fourth-order valence-electron chi connectivity index (χ4n) is 2.56. The van der Waals surface area contributed by atoms with E-state index in [9.17, 15) is 4.79 Å². The Morgan fingerprint density at radius 3 is 2.38 bits per heavy atom. The van der Waals surface area contributed by atoms with Crippen molar-refractivity contribution >= 4 is 34.8 Å². The van der Waals surface area contributed by atoms with Gasteiger partial charge in [0.05, 0.1) is 22.3 Å². The summed E-state index contributed by atoms with van der Waals surface area (Å²) >= 11 is 12.4. The van der Waals surface area contributed by atoms with Crippen molar-refractivity contribution in [2.75, 3.05) is 11.9 Å². The molecule has 0 aromatic heterocycles. The molecule has 1 amide bonds. The minimum Gasteiger partial charge on any atom is -0.322 e. The van der Waals surface area contributed by atoms with Crippen molar-refractivity contribution in [1.29, 1.82) is 0 Å². The molecule has 1 atom stereocenters. The predicted octanol–water partition coefficient (Wildman–Crippen LogP) is 5.23. The number of hydrogen-bond donors (Lipinski definition) is 2. The zero-order valence-corrected chi connectivity index (χ0v) is 15.6. The minimum absolute atomic E-state index is 0.0976. The molecule has 2 aromatic rings. The molecule has 0 spiro atoms. The maximum atomic E-state index is 12.3. The van der Waals surface area contributed by atoms with Gasteiger partial charge in [-0.3, -0.25) is 4.79 Å². The van der Waals surface area contributed by atoms with Crippen molar-refractivity contribution in [2.24, 2.45) is 5.92 Å². The van der Waals surface area contributed by atoms with E-state index in [0.717, 1.165) is 11.1 Å². The third-order valence-corrected chi connectivity index (χ3v) is 4.66. The van der Waals surface area contributed by atoms with Crippen LogP contribution in [0.4, 0.5) is 5.69 Å². The monoisotopic (exact) mass is 364 g/mol. The van der Waals surface area contributed by atoms with Crippen LogP contribution in [0.2, 0.25) is 10.0 Å². The van der Waals surface area contributed by atoms with E-state index < -0.39 is 0 Å². The second-order valence-corrected chi connectivity index (χ2v) is 6.90. The van der Waals surface area contributed by atoms with Crippen LogP contribution in [0.25, 0.3) is 0 Å². The topological polar surface area (TPSA) is 41.1 Å². The summed E-state index contributed by atoms with van der Waals surface area (Å²) in [5.74, 6) is 0.178. The smallest absolute Gasteiger partial charge is 0.238 e. The Morgan fingerprint density at radius 2 is 1.75 bits per heavy atom. The third kappa shape index (κ3) is 4.73. The Bertz CT molecular complexity index is 702. The fraction of sp³-hybridized carbons (Fsp3) is 0.316. The Balaban J connectivity index is 2.04. The zero-order valence-electron chi connectivity index (χ0n) is 14.1. The average Bonchev–Trinajstić information content (AvgIpc) is 2.56. The largest absolute Gasteiger partial charge is 0.322 e. The van der Waals surface area contributed by atoms with Gasteiger partial charge in [0.25, 0.3) is 0 Å². The summed E-state index contributed by atoms with van der Waals surface area (Å²) in [6.07, 6.45) is 0. The average molecular weight is 365 g/mol. The molecule has 0 bridgehead atoms. The van der Waals surface area contributed by atoms with Crippen molar-refractivity contribution in [3.05, 3.63) is 63.6 Å². The normalized spacial score (nSPS) is 12.2. The Morgan fingerprint density at radius 1 is 1.08 bits per heavy atom. The standard InChI is InChI=1S/C19H22Cl2N2O/c1-12(2)18(14-7-5-4-6-8-14)22-11-16(24)23-19-15(20)10-9-13(3)17(19)21/h4-10,12,18,22H,11H2,1-3H3,(H,23,24)/t18-/m1/s1. The van der Waals surface area contributed by atoms with Gasteiger partial charge in [-0.05, 0) is 30.0 Å². The summed E-state index contributed by atoms with van der Waals surface area (Å²) < 4.78 is 0. The number of anilines is 1. The van der Waals surface area contributed by atoms with Crippen LogP contribution in [-0.4, -0.2) is 12.5 Å². The number of benzene rings is 2. The van der Waals surface area contributed by atoms with Crippen LogP contribution in [0, 0.1) is 12.8 Å². The molecule has 2 aromatic carbocycles. The van der Waals surface area contributed by atoms with Gasteiger partial charge in [0.15, 0.2) is 0 Å². The predicted molar refractivity (Wildman–Crippen MR) is 102 cm³/mol. The number of rotatable bonds is 6. The summed E-state index contributed by atoms with van der Waals surface area (Å²) in [5.41, 5.74) is 2.49. The van der Waals surface area contributed by atoms with E-state index in [-0.39, 0.29) is 18.5 Å². The Labute approximate surface area is 153 Å². The molecule has 0 aliphatic rings. The van der Waals surface area contributed by atoms with Crippen LogP contribution < -0.4 is 10.6 Å². The molecule has 0 unspecified atom stereocenters. The number of amides is 1. The van der Waals surface area contributed by atoms with Gasteiger partial charge in [0, 0.05) is 6.04 Å². The molecule has 2 N–H and O–H groups in total. The van der Waals surface area contributed by atoms with Crippen molar-refractivity contribution < 1.29 is 4.79 Å². The van der Waals surface area contributed by atoms with Gasteiger partial charge in [0.2, 0.25) is 5.91 Å². The van der Waals surface area contributed by atoms with Crippen LogP contribution in [0.1, 0.15) is 31.0 Å². The lowest BCUT2D eigenvalue weighted by Gasteiger charge is -2.23. The van der Waals surface area contributed by atoms with E-state index in [1.165, 1.54) is 0 Å².